The first kappa shape index (κ1) is 92.4. The molecule has 0 atom stereocenters. The molecule has 108 heavy (non-hydrogen) atoms. The first-order valence-electron chi connectivity index (χ1n) is 32.5. The van der Waals surface area contributed by atoms with Crippen molar-refractivity contribution in [2.24, 2.45) is 5.92 Å². The summed E-state index contributed by atoms with van der Waals surface area (Å²) >= 11 is 12.7. The molecule has 4 aromatic carbocycles. The molecule has 41 heteroatoms. The highest BCUT2D eigenvalue weighted by Crippen LogP contribution is 2.27. The number of carbonyl (C=O) groups is 8. The second-order valence-corrected chi connectivity index (χ2v) is 34.6. The van der Waals surface area contributed by atoms with Gasteiger partial charge in [-0.1, -0.05) is 121 Å². The van der Waals surface area contributed by atoms with Gasteiger partial charge in [0.1, 0.15) is 39.5 Å². The number of halogens is 4. The van der Waals surface area contributed by atoms with Crippen molar-refractivity contribution >= 4 is 169 Å². The number of aromatic nitrogens is 12. The highest BCUT2D eigenvalue weighted by Gasteiger charge is 2.43. The third kappa shape index (κ3) is 38.7. The molecule has 6 N–H and O–H groups in total. The predicted octanol–water partition coefficient (Wildman–Crippen LogP) is 7.41. The minimum absolute atomic E-state index is 0.0162. The minimum atomic E-state index is -4.98. The lowest BCUT2D eigenvalue weighted by molar-refractivity contribution is -0.186. The Kier molecular flexibility index (Phi) is 43.4. The fourth-order valence-electron chi connectivity index (χ4n) is 7.93. The minimum Gasteiger partial charge on any atom is -0.379 e. The lowest BCUT2D eigenvalue weighted by Gasteiger charge is -2.29. The molecule has 1 aliphatic heterocycles. The highest BCUT2D eigenvalue weighted by molar-refractivity contribution is 14.1. The van der Waals surface area contributed by atoms with E-state index in [1.54, 1.807) is 28.5 Å². The van der Waals surface area contributed by atoms with Crippen LogP contribution in [0.15, 0.2) is 161 Å². The van der Waals surface area contributed by atoms with Crippen LogP contribution in [0.1, 0.15) is 62.0 Å². The monoisotopic (exact) mass is 1720 g/mol. The van der Waals surface area contributed by atoms with Gasteiger partial charge in [0.05, 0.1) is 100 Å². The number of anilines is 3. The molecule has 1 saturated carbocycles. The Morgan fingerprint density at radius 1 is 0.630 bits per heavy atom. The molecule has 2 aliphatic rings. The molecule has 6 heterocycles. The molecule has 3 amide bonds. The van der Waals surface area contributed by atoms with E-state index in [1.807, 2.05) is 84.4 Å². The Bertz CT molecular complexity index is 4280. The van der Waals surface area contributed by atoms with Crippen molar-refractivity contribution in [2.45, 2.75) is 133 Å². The topological polar surface area (TPSA) is 403 Å². The third-order valence-corrected chi connectivity index (χ3v) is 19.9. The van der Waals surface area contributed by atoms with Gasteiger partial charge in [0.25, 0.3) is 0 Å². The maximum atomic E-state index is 12.7. The van der Waals surface area contributed by atoms with E-state index in [2.05, 4.69) is 152 Å². The first-order chi connectivity index (χ1) is 51.6. The van der Waals surface area contributed by atoms with Crippen molar-refractivity contribution in [3.63, 3.8) is 0 Å². The molecular formula is C67H83F3IN19O12S5Si. The number of amides is 3. The standard InChI is InChI=1S/C16H16F3N5O4S.C11H11IN4O3S.C7H13N3OSi.C7H7NO.C7H7NS.C6H12O.C5H5NOS.C4H5N3O.C4H7NS/c17-16(18,19)15(26)23-4-3-11-1-2-14(7-12(11)9-23)29(27,28)20-8-13-10-24(5-6-25)22-21-13;12-9-1-3-11(4-2-9)20(18,19)13-7-10-8-16(5-6-17)15-14-10;1-12(2,3)7-6-10(4-5-11)9-8-7;2*9-6-8-7-4-2-1-3-5-7;1-6(2)4-3-5-7;7-4-6-5-2-1-3-8-5;8-4-3-7-2-1-5-6-7;6-3-5-4-1-2-4/h1-2,6-7,10,20H,3-5,8-9H2;1-4,6,8,13H,5,7H2;5-6H,4H2,1-3H3;2*1-6H,(H,8,9);5-6H,3-4H2,1-2H3;1-4H,(H,6,7);1-2,4H,3H2;3-4H,1-2H2,(H,5,6). The van der Waals surface area contributed by atoms with Crippen LogP contribution in [0.2, 0.25) is 19.6 Å². The van der Waals surface area contributed by atoms with Crippen LogP contribution >= 0.6 is 58.4 Å². The first-order valence-corrected chi connectivity index (χ1v) is 41.8. The van der Waals surface area contributed by atoms with Gasteiger partial charge in [0, 0.05) is 52.9 Å². The number of thiocarbonyl (C=S) groups is 2. The number of nitrogens with one attached hydrogen (secondary N) is 6. The van der Waals surface area contributed by atoms with Crippen molar-refractivity contribution < 1.29 is 68.4 Å². The second kappa shape index (κ2) is 50.7. The number of hydrogen-bond acceptors (Lipinski definition) is 23. The van der Waals surface area contributed by atoms with E-state index in [0.717, 1.165) is 63.0 Å². The third-order valence-electron chi connectivity index (χ3n) is 13.5. The quantitative estimate of drug-likeness (QED) is 0.0120. The SMILES string of the molecule is CC(C)CCC=O.C[Si](C)(C)c1cn(CC=O)nn1.O=CCn1cc(CNS(=O)(=O)c2ccc(I)cc2)nn1.O=CCn1cc(CNS(=O)(=O)c2ccc3c(c2)CN(C(=O)C(F)(F)F)CC3)nn1.O=CCn1ccnn1.O=CNc1ccccc1.O=CNc1cccs1.S=CNC1CC1.S=CNc1ccccc1. The lowest BCUT2D eigenvalue weighted by Crippen LogP contribution is -2.43. The smallest absolute Gasteiger partial charge is 0.379 e. The van der Waals surface area contributed by atoms with Crippen LogP contribution in [0.4, 0.5) is 29.5 Å². The van der Waals surface area contributed by atoms with Gasteiger partial charge in [-0.2, -0.15) is 13.2 Å². The molecule has 580 valence electrons. The van der Waals surface area contributed by atoms with E-state index in [9.17, 15) is 68.4 Å². The zero-order valence-electron chi connectivity index (χ0n) is 59.2. The summed E-state index contributed by atoms with van der Waals surface area (Å²) in [5, 5.41) is 44.5. The van der Waals surface area contributed by atoms with Gasteiger partial charge in [0.15, 0.2) is 0 Å². The summed E-state index contributed by atoms with van der Waals surface area (Å²) in [6.45, 7) is 10.9. The normalized spacial score (nSPS) is 11.7. The van der Waals surface area contributed by atoms with Crippen LogP contribution in [0.5, 0.6) is 0 Å². The van der Waals surface area contributed by atoms with Crippen LogP contribution in [0, 0.1) is 9.49 Å². The van der Waals surface area contributed by atoms with E-state index in [4.69, 9.17) is 0 Å². The van der Waals surface area contributed by atoms with Crippen LogP contribution in [-0.2, 0) is 111 Å². The molecule has 0 radical (unpaired) electrons. The largest absolute Gasteiger partial charge is 0.471 e. The number of carbonyl (C=O) groups excluding carboxylic acids is 8. The molecular weight excluding hydrogens is 1640 g/mol. The van der Waals surface area contributed by atoms with Crippen molar-refractivity contribution in [1.82, 2.24) is 79.6 Å². The Balaban J connectivity index is 0.000000334. The fourth-order valence-corrected chi connectivity index (χ4v) is 12.1. The number of rotatable bonds is 28. The number of alkyl halides is 3. The molecule has 1 aliphatic carbocycles. The molecule has 1 fully saturated rings. The number of aldehydes is 5. The molecule has 0 saturated heterocycles. The summed E-state index contributed by atoms with van der Waals surface area (Å²) in [7, 11) is -8.91. The van der Waals surface area contributed by atoms with Gasteiger partial charge >= 0.3 is 12.1 Å². The van der Waals surface area contributed by atoms with Crippen LogP contribution in [-0.4, -0.2) is 170 Å². The van der Waals surface area contributed by atoms with Crippen LogP contribution in [0.3, 0.4) is 0 Å². The van der Waals surface area contributed by atoms with Gasteiger partial charge in [0.2, 0.25) is 32.9 Å². The number of hydrogen-bond donors (Lipinski definition) is 6. The summed E-state index contributed by atoms with van der Waals surface area (Å²) in [4.78, 5) is 82.2. The summed E-state index contributed by atoms with van der Waals surface area (Å²) in [5.74, 6) is -1.28. The van der Waals surface area contributed by atoms with Crippen molar-refractivity contribution in [1.29, 1.82) is 0 Å². The molecule has 5 aromatic heterocycles. The number of benzene rings is 4. The van der Waals surface area contributed by atoms with Gasteiger partial charge in [-0.05, 0) is 143 Å². The summed E-state index contributed by atoms with van der Waals surface area (Å²) in [6.07, 6.45) is 12.7. The highest BCUT2D eigenvalue weighted by atomic mass is 127. The maximum absolute atomic E-state index is 12.7. The predicted molar refractivity (Wildman–Crippen MR) is 420 cm³/mol. The van der Waals surface area contributed by atoms with Gasteiger partial charge < -0.3 is 50.1 Å². The van der Waals surface area contributed by atoms with Crippen molar-refractivity contribution in [2.75, 3.05) is 22.5 Å². The Labute approximate surface area is 652 Å². The summed E-state index contributed by atoms with van der Waals surface area (Å²) in [6, 6.07) is 34.2. The zero-order valence-corrected chi connectivity index (χ0v) is 66.5. The Morgan fingerprint density at radius 3 is 1.57 bits per heavy atom. The van der Waals surface area contributed by atoms with Crippen LogP contribution < -0.4 is 36.0 Å². The molecule has 0 bridgehead atoms. The Morgan fingerprint density at radius 2 is 1.15 bits per heavy atom. The molecule has 9 aromatic rings. The second-order valence-electron chi connectivity index (χ2n) is 23.4. The van der Waals surface area contributed by atoms with Gasteiger partial charge in [-0.15, -0.1) is 31.7 Å². The average Bonchev–Trinajstić information content (AvgIpc) is 0.932. The molecule has 0 unspecified atom stereocenters. The van der Waals surface area contributed by atoms with E-state index < -0.39 is 40.2 Å². The number of sulfonamides is 2. The van der Waals surface area contributed by atoms with E-state index >= 15 is 0 Å². The maximum Gasteiger partial charge on any atom is 0.471 e. The molecule has 31 nitrogen and oxygen atoms in total. The van der Waals surface area contributed by atoms with Crippen LogP contribution in [0.25, 0.3) is 0 Å². The number of nitrogens with zero attached hydrogens (tertiary/aromatic N) is 13. The summed E-state index contributed by atoms with van der Waals surface area (Å²) in [5.41, 5.74) is 6.71. The fraction of sp³-hybridized carbons (Fsp3) is 0.313. The lowest BCUT2D eigenvalue weighted by atomic mass is 10.00. The van der Waals surface area contributed by atoms with Crippen molar-refractivity contribution in [3.05, 3.63) is 178 Å². The number of para-hydroxylation sites is 2. The summed E-state index contributed by atoms with van der Waals surface area (Å²) < 4.78 is 98.4. The number of fused-ring (bicyclic) bond motifs is 1. The Hall–Kier alpha value is -9.76. The molecule has 11 rings (SSSR count). The zero-order chi connectivity index (χ0) is 79.8. The molecule has 0 spiro atoms. The van der Waals surface area contributed by atoms with Crippen molar-refractivity contribution in [3.8, 4) is 0 Å². The van der Waals surface area contributed by atoms with Gasteiger partial charge in [-0.3, -0.25) is 14.4 Å². The average molecular weight is 1720 g/mol. The van der Waals surface area contributed by atoms with E-state index in [0.29, 0.717) is 66.1 Å². The van der Waals surface area contributed by atoms with E-state index in [1.165, 1.54) is 92.6 Å². The van der Waals surface area contributed by atoms with Gasteiger partial charge in [-0.25, -0.2) is 45.0 Å². The number of thiophene rings is 1. The van der Waals surface area contributed by atoms with E-state index in [-0.39, 0.29) is 61.2 Å².